The van der Waals surface area contributed by atoms with E-state index in [0.29, 0.717) is 0 Å². The normalized spacial score (nSPS) is 12.3. The van der Waals surface area contributed by atoms with Gasteiger partial charge in [0.15, 0.2) is 0 Å². The molecule has 0 fully saturated rings. The lowest BCUT2D eigenvalue weighted by Gasteiger charge is -2.12. The number of benzene rings is 2. The van der Waals surface area contributed by atoms with Crippen LogP contribution in [0.15, 0.2) is 54.6 Å². The lowest BCUT2D eigenvalue weighted by molar-refractivity contribution is 0.603. The SMILES string of the molecule is CCCC[C@@H](N)c1ccc(-c2ccccc2)cc1. The van der Waals surface area contributed by atoms with Crippen molar-refractivity contribution < 1.29 is 0 Å². The molecule has 0 aromatic heterocycles. The van der Waals surface area contributed by atoms with E-state index in [4.69, 9.17) is 5.73 Å². The van der Waals surface area contributed by atoms with Crippen molar-refractivity contribution in [1.29, 1.82) is 0 Å². The summed E-state index contributed by atoms with van der Waals surface area (Å²) in [6.45, 7) is 2.20. The van der Waals surface area contributed by atoms with Crippen molar-refractivity contribution in [1.82, 2.24) is 0 Å². The number of hydrogen-bond donors (Lipinski definition) is 1. The highest BCUT2D eigenvalue weighted by Crippen LogP contribution is 2.22. The summed E-state index contributed by atoms with van der Waals surface area (Å²) in [4.78, 5) is 0. The topological polar surface area (TPSA) is 26.0 Å². The average molecular weight is 239 g/mol. The third kappa shape index (κ3) is 3.21. The fraction of sp³-hybridized carbons (Fsp3) is 0.294. The Morgan fingerprint density at radius 3 is 2.11 bits per heavy atom. The van der Waals surface area contributed by atoms with Gasteiger partial charge >= 0.3 is 0 Å². The zero-order valence-electron chi connectivity index (χ0n) is 11.0. The monoisotopic (exact) mass is 239 g/mol. The number of hydrogen-bond acceptors (Lipinski definition) is 1. The summed E-state index contributed by atoms with van der Waals surface area (Å²) in [5, 5.41) is 0. The van der Waals surface area contributed by atoms with E-state index in [0.717, 1.165) is 6.42 Å². The van der Waals surface area contributed by atoms with Gasteiger partial charge in [0.2, 0.25) is 0 Å². The van der Waals surface area contributed by atoms with Gasteiger partial charge in [-0.25, -0.2) is 0 Å². The maximum absolute atomic E-state index is 6.17. The van der Waals surface area contributed by atoms with Gasteiger partial charge in [-0.3, -0.25) is 0 Å². The standard InChI is InChI=1S/C17H21N/c1-2-3-9-17(18)16-12-10-15(11-13-16)14-7-5-4-6-8-14/h4-8,10-13,17H,2-3,9,18H2,1H3/t17-/m1/s1. The zero-order valence-corrected chi connectivity index (χ0v) is 11.0. The van der Waals surface area contributed by atoms with E-state index in [9.17, 15) is 0 Å². The Balaban J connectivity index is 2.10. The molecule has 2 N–H and O–H groups in total. The quantitative estimate of drug-likeness (QED) is 0.814. The first kappa shape index (κ1) is 12.8. The first-order chi connectivity index (χ1) is 8.81. The molecule has 0 amide bonds. The van der Waals surface area contributed by atoms with Crippen LogP contribution in [-0.2, 0) is 0 Å². The van der Waals surface area contributed by atoms with Gasteiger partial charge in [0.1, 0.15) is 0 Å². The molecule has 94 valence electrons. The molecule has 0 saturated carbocycles. The van der Waals surface area contributed by atoms with Gasteiger partial charge in [0, 0.05) is 6.04 Å². The van der Waals surface area contributed by atoms with Crippen LogP contribution in [0.4, 0.5) is 0 Å². The summed E-state index contributed by atoms with van der Waals surface area (Å²) >= 11 is 0. The van der Waals surface area contributed by atoms with Crippen LogP contribution in [0, 0.1) is 0 Å². The van der Waals surface area contributed by atoms with Crippen LogP contribution in [0.1, 0.15) is 37.8 Å². The van der Waals surface area contributed by atoms with E-state index in [1.807, 2.05) is 6.07 Å². The summed E-state index contributed by atoms with van der Waals surface area (Å²) in [5.74, 6) is 0. The second-order valence-electron chi connectivity index (χ2n) is 4.74. The predicted octanol–water partition coefficient (Wildman–Crippen LogP) is 4.54. The highest BCUT2D eigenvalue weighted by Gasteiger charge is 2.05. The first-order valence-corrected chi connectivity index (χ1v) is 6.72. The molecule has 0 spiro atoms. The molecule has 2 aromatic carbocycles. The van der Waals surface area contributed by atoms with E-state index in [1.165, 1.54) is 29.5 Å². The van der Waals surface area contributed by atoms with Crippen molar-refractivity contribution in [3.05, 3.63) is 60.2 Å². The Hall–Kier alpha value is -1.60. The lowest BCUT2D eigenvalue weighted by atomic mass is 9.98. The molecule has 0 saturated heterocycles. The summed E-state index contributed by atoms with van der Waals surface area (Å²) in [7, 11) is 0. The van der Waals surface area contributed by atoms with Gasteiger partial charge in [-0.1, -0.05) is 74.4 Å². The third-order valence-corrected chi connectivity index (χ3v) is 3.31. The molecule has 2 rings (SSSR count). The molecule has 1 heteroatoms. The van der Waals surface area contributed by atoms with Crippen molar-refractivity contribution in [3.8, 4) is 11.1 Å². The number of rotatable bonds is 5. The summed E-state index contributed by atoms with van der Waals surface area (Å²) in [5.41, 5.74) is 9.92. The minimum Gasteiger partial charge on any atom is -0.324 e. The summed E-state index contributed by atoms with van der Waals surface area (Å²) in [6.07, 6.45) is 3.47. The maximum atomic E-state index is 6.17. The van der Waals surface area contributed by atoms with Crippen molar-refractivity contribution in [2.75, 3.05) is 0 Å². The summed E-state index contributed by atoms with van der Waals surface area (Å²) < 4.78 is 0. The fourth-order valence-corrected chi connectivity index (χ4v) is 2.14. The van der Waals surface area contributed by atoms with Gasteiger partial charge in [0.25, 0.3) is 0 Å². The van der Waals surface area contributed by atoms with Gasteiger partial charge in [0.05, 0.1) is 0 Å². The largest absolute Gasteiger partial charge is 0.324 e. The van der Waals surface area contributed by atoms with Gasteiger partial charge < -0.3 is 5.73 Å². The molecule has 1 atom stereocenters. The Labute approximate surface area is 110 Å². The lowest BCUT2D eigenvalue weighted by Crippen LogP contribution is -2.09. The minimum atomic E-state index is 0.176. The van der Waals surface area contributed by atoms with Crippen LogP contribution in [0.2, 0.25) is 0 Å². The van der Waals surface area contributed by atoms with Crippen LogP contribution in [-0.4, -0.2) is 0 Å². The minimum absolute atomic E-state index is 0.176. The van der Waals surface area contributed by atoms with Crippen LogP contribution in [0.5, 0.6) is 0 Å². The van der Waals surface area contributed by atoms with Gasteiger partial charge in [-0.05, 0) is 23.1 Å². The van der Waals surface area contributed by atoms with Crippen molar-refractivity contribution in [2.24, 2.45) is 5.73 Å². The van der Waals surface area contributed by atoms with Gasteiger partial charge in [-0.15, -0.1) is 0 Å². The van der Waals surface area contributed by atoms with Crippen molar-refractivity contribution in [2.45, 2.75) is 32.2 Å². The molecule has 0 aliphatic heterocycles. The van der Waals surface area contributed by atoms with Gasteiger partial charge in [-0.2, -0.15) is 0 Å². The molecular weight excluding hydrogens is 218 g/mol. The Morgan fingerprint density at radius 2 is 1.50 bits per heavy atom. The summed E-state index contributed by atoms with van der Waals surface area (Å²) in [6, 6.07) is 19.2. The van der Waals surface area contributed by atoms with E-state index < -0.39 is 0 Å². The molecule has 2 aromatic rings. The Bertz CT molecular complexity index is 459. The fourth-order valence-electron chi connectivity index (χ4n) is 2.14. The average Bonchev–Trinajstić information content (AvgIpc) is 2.46. The Morgan fingerprint density at radius 1 is 0.889 bits per heavy atom. The Kier molecular flexibility index (Phi) is 4.54. The molecule has 0 unspecified atom stereocenters. The zero-order chi connectivity index (χ0) is 12.8. The van der Waals surface area contributed by atoms with Crippen LogP contribution < -0.4 is 5.73 Å². The molecule has 1 nitrogen and oxygen atoms in total. The molecule has 0 heterocycles. The number of nitrogens with two attached hydrogens (primary N) is 1. The van der Waals surface area contributed by atoms with Crippen LogP contribution in [0.25, 0.3) is 11.1 Å². The molecule has 0 radical (unpaired) electrons. The third-order valence-electron chi connectivity index (χ3n) is 3.31. The second kappa shape index (κ2) is 6.36. The van der Waals surface area contributed by atoms with E-state index in [1.54, 1.807) is 0 Å². The number of unbranched alkanes of at least 4 members (excludes halogenated alkanes) is 1. The molecule has 0 bridgehead atoms. The van der Waals surface area contributed by atoms with E-state index >= 15 is 0 Å². The second-order valence-corrected chi connectivity index (χ2v) is 4.74. The first-order valence-electron chi connectivity index (χ1n) is 6.72. The molecule has 18 heavy (non-hydrogen) atoms. The smallest absolute Gasteiger partial charge is 0.0294 e. The predicted molar refractivity (Wildman–Crippen MR) is 78.3 cm³/mol. The van der Waals surface area contributed by atoms with Crippen LogP contribution >= 0.6 is 0 Å². The van der Waals surface area contributed by atoms with Crippen molar-refractivity contribution in [3.63, 3.8) is 0 Å². The van der Waals surface area contributed by atoms with E-state index in [-0.39, 0.29) is 6.04 Å². The van der Waals surface area contributed by atoms with Crippen molar-refractivity contribution >= 4 is 0 Å². The molecule has 0 aliphatic carbocycles. The molecular formula is C17H21N. The van der Waals surface area contributed by atoms with Crippen LogP contribution in [0.3, 0.4) is 0 Å². The highest BCUT2D eigenvalue weighted by atomic mass is 14.6. The molecule has 0 aliphatic rings. The van der Waals surface area contributed by atoms with E-state index in [2.05, 4.69) is 55.5 Å². The maximum Gasteiger partial charge on any atom is 0.0294 e. The highest BCUT2D eigenvalue weighted by molar-refractivity contribution is 5.63.